The van der Waals surface area contributed by atoms with E-state index in [1.807, 2.05) is 6.07 Å². The first-order chi connectivity index (χ1) is 13.5. The van der Waals surface area contributed by atoms with Crippen LogP contribution >= 0.6 is 23.1 Å². The highest BCUT2D eigenvalue weighted by Gasteiger charge is 2.26. The van der Waals surface area contributed by atoms with E-state index in [0.717, 1.165) is 35.0 Å². The molecular weight excluding hydrogens is 396 g/mol. The molecule has 148 valence electrons. The molecule has 1 aliphatic carbocycles. The summed E-state index contributed by atoms with van der Waals surface area (Å²) < 4.78 is 11.9. The number of ether oxygens (including phenoxy) is 1. The second-order valence-corrected chi connectivity index (χ2v) is 9.57. The normalized spacial score (nSPS) is 17.5. The maximum atomic E-state index is 13.5. The number of hydrogen-bond donors (Lipinski definition) is 0. The van der Waals surface area contributed by atoms with Gasteiger partial charge in [0, 0.05) is 4.88 Å². The van der Waals surface area contributed by atoms with Gasteiger partial charge < -0.3 is 9.15 Å². The third kappa shape index (κ3) is 3.51. The van der Waals surface area contributed by atoms with Crippen molar-refractivity contribution in [2.24, 2.45) is 5.92 Å². The highest BCUT2D eigenvalue weighted by Crippen LogP contribution is 2.37. The lowest BCUT2D eigenvalue weighted by Gasteiger charge is -2.18. The molecule has 28 heavy (non-hydrogen) atoms. The number of methoxy groups -OCH3 is 1. The zero-order valence-electron chi connectivity index (χ0n) is 16.1. The molecule has 3 aromatic rings. The fraction of sp³-hybridized carbons (Fsp3) is 0.450. The van der Waals surface area contributed by atoms with Gasteiger partial charge in [-0.25, -0.2) is 4.98 Å². The number of thioether (sulfide) groups is 1. The van der Waals surface area contributed by atoms with E-state index in [1.165, 1.54) is 23.7 Å². The molecule has 2 unspecified atom stereocenters. The summed E-state index contributed by atoms with van der Waals surface area (Å²) >= 11 is 2.85. The van der Waals surface area contributed by atoms with Gasteiger partial charge in [0.05, 0.1) is 25.3 Å². The summed E-state index contributed by atoms with van der Waals surface area (Å²) in [7, 11) is 1.36. The fourth-order valence-corrected chi connectivity index (χ4v) is 5.92. The molecule has 0 bridgehead atoms. The maximum Gasteiger partial charge on any atom is 0.318 e. The summed E-state index contributed by atoms with van der Waals surface area (Å²) in [6.07, 6.45) is 4.59. The van der Waals surface area contributed by atoms with Crippen LogP contribution < -0.4 is 5.56 Å². The molecule has 6 nitrogen and oxygen atoms in total. The lowest BCUT2D eigenvalue weighted by molar-refractivity contribution is -0.139. The Hall–Kier alpha value is -2.06. The lowest BCUT2D eigenvalue weighted by atomic mass is 9.89. The third-order valence-corrected chi connectivity index (χ3v) is 7.31. The van der Waals surface area contributed by atoms with Crippen LogP contribution in [-0.2, 0) is 28.9 Å². The minimum atomic E-state index is -0.466. The van der Waals surface area contributed by atoms with Crippen molar-refractivity contribution in [2.75, 3.05) is 7.11 Å². The van der Waals surface area contributed by atoms with Crippen LogP contribution in [0.5, 0.6) is 0 Å². The predicted molar refractivity (Wildman–Crippen MR) is 110 cm³/mol. The van der Waals surface area contributed by atoms with Crippen molar-refractivity contribution in [3.05, 3.63) is 45.0 Å². The number of aromatic nitrogens is 2. The number of hydrogen-bond acceptors (Lipinski definition) is 7. The molecule has 3 heterocycles. The van der Waals surface area contributed by atoms with E-state index < -0.39 is 5.25 Å². The van der Waals surface area contributed by atoms with Gasteiger partial charge >= 0.3 is 5.97 Å². The Morgan fingerprint density at radius 1 is 1.54 bits per heavy atom. The first kappa shape index (κ1) is 19.3. The van der Waals surface area contributed by atoms with Crippen LogP contribution in [0.15, 0.2) is 32.8 Å². The number of fused-ring (bicyclic) bond motifs is 3. The van der Waals surface area contributed by atoms with E-state index >= 15 is 0 Å². The van der Waals surface area contributed by atoms with Gasteiger partial charge in [-0.1, -0.05) is 18.7 Å². The largest absolute Gasteiger partial charge is 0.468 e. The molecule has 0 spiro atoms. The van der Waals surface area contributed by atoms with Crippen LogP contribution in [0.1, 0.15) is 36.5 Å². The number of thiophene rings is 1. The summed E-state index contributed by atoms with van der Waals surface area (Å²) in [5, 5.41) is 0.777. The molecule has 0 aromatic carbocycles. The quantitative estimate of drug-likeness (QED) is 0.356. The van der Waals surface area contributed by atoms with Crippen molar-refractivity contribution in [2.45, 2.75) is 50.1 Å². The van der Waals surface area contributed by atoms with Crippen LogP contribution in [-0.4, -0.2) is 27.9 Å². The predicted octanol–water partition coefficient (Wildman–Crippen LogP) is 3.88. The molecular formula is C20H22N2O4S2. The van der Waals surface area contributed by atoms with Crippen LogP contribution in [0.25, 0.3) is 10.2 Å². The molecule has 3 aromatic heterocycles. The smallest absolute Gasteiger partial charge is 0.318 e. The molecule has 2 atom stereocenters. The highest BCUT2D eigenvalue weighted by atomic mass is 32.2. The molecule has 0 saturated heterocycles. The van der Waals surface area contributed by atoms with Gasteiger partial charge in [-0.2, -0.15) is 0 Å². The van der Waals surface area contributed by atoms with Crippen LogP contribution in [0.2, 0.25) is 0 Å². The average Bonchev–Trinajstić information content (AvgIpc) is 3.30. The molecule has 0 fully saturated rings. The number of carbonyl (C=O) groups excluding carboxylic acids is 1. The standard InChI is InChI=1S/C20H22N2O4S2/c1-11-6-7-14-15(9-11)28-17-16(14)18(23)22(10-13-5-4-8-26-13)20(21-17)27-12(2)19(24)25-3/h4-5,8,11-12H,6-7,9-10H2,1-3H3. The van der Waals surface area contributed by atoms with Gasteiger partial charge in [-0.15, -0.1) is 11.3 Å². The minimum absolute atomic E-state index is 0.0620. The zero-order chi connectivity index (χ0) is 19.8. The molecule has 1 aliphatic rings. The van der Waals surface area contributed by atoms with Crippen molar-refractivity contribution in [1.82, 2.24) is 9.55 Å². The molecule has 0 aliphatic heterocycles. The van der Waals surface area contributed by atoms with Crippen molar-refractivity contribution in [3.8, 4) is 0 Å². The van der Waals surface area contributed by atoms with E-state index in [9.17, 15) is 9.59 Å². The van der Waals surface area contributed by atoms with Crippen molar-refractivity contribution >= 4 is 39.3 Å². The average molecular weight is 419 g/mol. The minimum Gasteiger partial charge on any atom is -0.468 e. The van der Waals surface area contributed by atoms with Gasteiger partial charge in [-0.05, 0) is 49.8 Å². The number of rotatable bonds is 5. The van der Waals surface area contributed by atoms with E-state index in [4.69, 9.17) is 14.1 Å². The topological polar surface area (TPSA) is 74.3 Å². The summed E-state index contributed by atoms with van der Waals surface area (Å²) in [6, 6.07) is 3.63. The van der Waals surface area contributed by atoms with E-state index in [0.29, 0.717) is 16.8 Å². The Labute approximate surface area is 170 Å². The number of esters is 1. The van der Waals surface area contributed by atoms with Crippen LogP contribution in [0.4, 0.5) is 0 Å². The summed E-state index contributed by atoms with van der Waals surface area (Å²) in [6.45, 7) is 4.28. The molecule has 0 saturated carbocycles. The van der Waals surface area contributed by atoms with Gasteiger partial charge in [0.1, 0.15) is 15.8 Å². The SMILES string of the molecule is COC(=O)C(C)Sc1nc2sc3c(c2c(=O)n1Cc1ccco1)CCC(C)C3. The molecule has 0 amide bonds. The number of aryl methyl sites for hydroxylation is 1. The van der Waals surface area contributed by atoms with Gasteiger partial charge in [0.15, 0.2) is 5.16 Å². The summed E-state index contributed by atoms with van der Waals surface area (Å²) in [4.78, 5) is 32.2. The first-order valence-electron chi connectivity index (χ1n) is 9.30. The number of furan rings is 1. The number of carbonyl (C=O) groups is 1. The van der Waals surface area contributed by atoms with Gasteiger partial charge in [0.25, 0.3) is 5.56 Å². The summed E-state index contributed by atoms with van der Waals surface area (Å²) in [5.74, 6) is 0.954. The Bertz CT molecular complexity index is 1070. The monoisotopic (exact) mass is 418 g/mol. The maximum absolute atomic E-state index is 13.5. The first-order valence-corrected chi connectivity index (χ1v) is 11.0. The van der Waals surface area contributed by atoms with E-state index in [-0.39, 0.29) is 18.1 Å². The van der Waals surface area contributed by atoms with Crippen molar-refractivity contribution < 1.29 is 13.9 Å². The van der Waals surface area contributed by atoms with Gasteiger partial charge in [0.2, 0.25) is 0 Å². The fourth-order valence-electron chi connectivity index (χ4n) is 3.56. The molecule has 4 rings (SSSR count). The van der Waals surface area contributed by atoms with E-state index in [2.05, 4.69) is 6.92 Å². The van der Waals surface area contributed by atoms with Crippen molar-refractivity contribution in [3.63, 3.8) is 0 Å². The van der Waals surface area contributed by atoms with Crippen LogP contribution in [0.3, 0.4) is 0 Å². The highest BCUT2D eigenvalue weighted by molar-refractivity contribution is 8.00. The molecule has 0 N–H and O–H groups in total. The zero-order valence-corrected chi connectivity index (χ0v) is 17.7. The Kier molecular flexibility index (Phi) is 5.33. The van der Waals surface area contributed by atoms with Crippen molar-refractivity contribution in [1.29, 1.82) is 0 Å². The molecule has 8 heteroatoms. The second-order valence-electron chi connectivity index (χ2n) is 7.18. The third-order valence-electron chi connectivity index (χ3n) is 5.09. The van der Waals surface area contributed by atoms with Gasteiger partial charge in [-0.3, -0.25) is 14.2 Å². The van der Waals surface area contributed by atoms with E-state index in [1.54, 1.807) is 35.2 Å². The number of nitrogens with zero attached hydrogens (tertiary/aromatic N) is 2. The summed E-state index contributed by atoms with van der Waals surface area (Å²) in [5.41, 5.74) is 1.09. The Balaban J connectivity index is 1.85. The molecule has 0 radical (unpaired) electrons. The lowest BCUT2D eigenvalue weighted by Crippen LogP contribution is -2.26. The van der Waals surface area contributed by atoms with Crippen LogP contribution in [0, 0.1) is 5.92 Å². The Morgan fingerprint density at radius 2 is 2.36 bits per heavy atom. The Morgan fingerprint density at radius 3 is 3.07 bits per heavy atom. The second kappa shape index (κ2) is 7.75.